The fourth-order valence-corrected chi connectivity index (χ4v) is 9.20. The Morgan fingerprint density at radius 3 is 1.65 bits per heavy atom. The number of hydrogen-bond donors (Lipinski definition) is 0. The van der Waals surface area contributed by atoms with Crippen molar-refractivity contribution in [3.8, 4) is 11.1 Å². The first-order valence-electron chi connectivity index (χ1n) is 12.5. The SMILES string of the molecule is CC1(C)CCC(C)(C)c2cc(-c3ccccc3[P+](C)(c3ccccc3)c3ccccc3)ccc21. The van der Waals surface area contributed by atoms with E-state index in [1.165, 1.54) is 51.0 Å². The van der Waals surface area contributed by atoms with E-state index in [-0.39, 0.29) is 10.8 Å². The summed E-state index contributed by atoms with van der Waals surface area (Å²) in [6.07, 6.45) is 2.48. The van der Waals surface area contributed by atoms with Gasteiger partial charge >= 0.3 is 0 Å². The Bertz CT molecular complexity index is 1260. The number of rotatable bonds is 4. The van der Waals surface area contributed by atoms with E-state index in [0.717, 1.165) is 0 Å². The Morgan fingerprint density at radius 1 is 0.559 bits per heavy atom. The quantitative estimate of drug-likeness (QED) is 0.273. The van der Waals surface area contributed by atoms with E-state index in [0.29, 0.717) is 0 Å². The molecular formula is C33H36P+. The summed E-state index contributed by atoms with van der Waals surface area (Å²) in [6, 6.07) is 38.7. The summed E-state index contributed by atoms with van der Waals surface area (Å²) < 4.78 is 0. The first-order chi connectivity index (χ1) is 16.2. The van der Waals surface area contributed by atoms with Crippen molar-refractivity contribution in [2.24, 2.45) is 0 Å². The molecule has 0 unspecified atom stereocenters. The average molecular weight is 464 g/mol. The molecule has 0 saturated carbocycles. The third-order valence-electron chi connectivity index (χ3n) is 8.09. The van der Waals surface area contributed by atoms with Crippen molar-refractivity contribution in [1.29, 1.82) is 0 Å². The molecule has 0 radical (unpaired) electrons. The van der Waals surface area contributed by atoms with Crippen LogP contribution < -0.4 is 15.9 Å². The summed E-state index contributed by atoms with van der Waals surface area (Å²) in [5, 5.41) is 4.31. The lowest BCUT2D eigenvalue weighted by molar-refractivity contribution is 0.332. The van der Waals surface area contributed by atoms with Crippen LogP contribution in [-0.2, 0) is 10.8 Å². The van der Waals surface area contributed by atoms with Gasteiger partial charge in [-0.05, 0) is 70.7 Å². The molecule has 4 aromatic carbocycles. The Labute approximate surface area is 206 Å². The summed E-state index contributed by atoms with van der Waals surface area (Å²) >= 11 is 0. The van der Waals surface area contributed by atoms with Gasteiger partial charge in [0.05, 0.1) is 6.66 Å². The molecule has 1 heteroatoms. The van der Waals surface area contributed by atoms with Crippen LogP contribution in [0.5, 0.6) is 0 Å². The molecule has 0 amide bonds. The highest BCUT2D eigenvalue weighted by molar-refractivity contribution is 7.95. The Morgan fingerprint density at radius 2 is 1.06 bits per heavy atom. The third-order valence-corrected chi connectivity index (χ3v) is 12.1. The maximum atomic E-state index is 2.51. The molecule has 0 N–H and O–H groups in total. The molecule has 1 aliphatic rings. The fraction of sp³-hybridized carbons (Fsp3) is 0.273. The molecule has 172 valence electrons. The topological polar surface area (TPSA) is 0 Å². The molecule has 0 nitrogen and oxygen atoms in total. The van der Waals surface area contributed by atoms with Crippen LogP contribution in [0.2, 0.25) is 0 Å². The molecule has 34 heavy (non-hydrogen) atoms. The van der Waals surface area contributed by atoms with E-state index in [1.54, 1.807) is 0 Å². The predicted octanol–water partition coefficient (Wildman–Crippen LogP) is 7.63. The molecule has 0 aromatic heterocycles. The summed E-state index contributed by atoms with van der Waals surface area (Å²) in [6.45, 7) is 12.1. The van der Waals surface area contributed by atoms with Gasteiger partial charge in [0.2, 0.25) is 0 Å². The second-order valence-corrected chi connectivity index (χ2v) is 14.7. The zero-order valence-electron chi connectivity index (χ0n) is 21.2. The first-order valence-corrected chi connectivity index (χ1v) is 14.7. The molecule has 1 aliphatic carbocycles. The van der Waals surface area contributed by atoms with Gasteiger partial charge < -0.3 is 0 Å². The largest absolute Gasteiger partial charge is 0.112 e. The Hall–Kier alpha value is -2.69. The van der Waals surface area contributed by atoms with Crippen LogP contribution in [0.4, 0.5) is 0 Å². The second-order valence-electron chi connectivity index (χ2n) is 11.2. The smallest absolute Gasteiger partial charge is 0.0620 e. The minimum Gasteiger partial charge on any atom is -0.0620 e. The predicted molar refractivity (Wildman–Crippen MR) is 152 cm³/mol. The summed E-state index contributed by atoms with van der Waals surface area (Å²) in [5.74, 6) is 0. The highest BCUT2D eigenvalue weighted by Gasteiger charge is 2.42. The van der Waals surface area contributed by atoms with Gasteiger partial charge in [0.25, 0.3) is 0 Å². The van der Waals surface area contributed by atoms with Crippen molar-refractivity contribution in [1.82, 2.24) is 0 Å². The maximum Gasteiger partial charge on any atom is 0.112 e. The molecule has 0 heterocycles. The molecule has 0 fully saturated rings. The first kappa shape index (κ1) is 23.1. The minimum absolute atomic E-state index is 0.202. The summed E-state index contributed by atoms with van der Waals surface area (Å²) in [7, 11) is -1.82. The van der Waals surface area contributed by atoms with Crippen molar-refractivity contribution in [2.75, 3.05) is 6.66 Å². The molecule has 0 bridgehead atoms. The monoisotopic (exact) mass is 463 g/mol. The lowest BCUT2D eigenvalue weighted by Crippen LogP contribution is -2.34. The second kappa shape index (κ2) is 8.51. The van der Waals surface area contributed by atoms with Crippen LogP contribution in [-0.4, -0.2) is 6.66 Å². The van der Waals surface area contributed by atoms with Crippen molar-refractivity contribution in [2.45, 2.75) is 51.4 Å². The van der Waals surface area contributed by atoms with Gasteiger partial charge in [-0.15, -0.1) is 0 Å². The van der Waals surface area contributed by atoms with Gasteiger partial charge in [0.15, 0.2) is 0 Å². The number of benzene rings is 4. The molecule has 0 aliphatic heterocycles. The average Bonchev–Trinajstić information content (AvgIpc) is 2.87. The van der Waals surface area contributed by atoms with Crippen LogP contribution in [0, 0.1) is 0 Å². The van der Waals surface area contributed by atoms with E-state index < -0.39 is 7.26 Å². The molecule has 0 atom stereocenters. The van der Waals surface area contributed by atoms with Crippen LogP contribution in [0.1, 0.15) is 51.7 Å². The van der Waals surface area contributed by atoms with E-state index >= 15 is 0 Å². The summed E-state index contributed by atoms with van der Waals surface area (Å²) in [5.41, 5.74) is 6.20. The molecule has 5 rings (SSSR count). The molecule has 0 saturated heterocycles. The normalized spacial score (nSPS) is 16.6. The van der Waals surface area contributed by atoms with Gasteiger partial charge in [-0.1, -0.05) is 100 Å². The van der Waals surface area contributed by atoms with Crippen molar-refractivity contribution >= 4 is 23.2 Å². The van der Waals surface area contributed by atoms with Crippen LogP contribution in [0.25, 0.3) is 11.1 Å². The molecule has 0 spiro atoms. The maximum absolute atomic E-state index is 2.51. The molecular weight excluding hydrogens is 427 g/mol. The summed E-state index contributed by atoms with van der Waals surface area (Å²) in [4.78, 5) is 0. The Kier molecular flexibility index (Phi) is 5.78. The zero-order valence-corrected chi connectivity index (χ0v) is 22.1. The van der Waals surface area contributed by atoms with Crippen molar-refractivity contribution in [3.63, 3.8) is 0 Å². The third kappa shape index (κ3) is 3.83. The lowest BCUT2D eigenvalue weighted by Gasteiger charge is -2.42. The van der Waals surface area contributed by atoms with Gasteiger partial charge in [0.1, 0.15) is 23.2 Å². The van der Waals surface area contributed by atoms with Crippen molar-refractivity contribution in [3.05, 3.63) is 114 Å². The van der Waals surface area contributed by atoms with E-state index in [4.69, 9.17) is 0 Å². The van der Waals surface area contributed by atoms with Crippen molar-refractivity contribution < 1.29 is 0 Å². The molecule has 4 aromatic rings. The van der Waals surface area contributed by atoms with Gasteiger partial charge in [-0.25, -0.2) is 0 Å². The Balaban J connectivity index is 1.75. The van der Waals surface area contributed by atoms with Crippen LogP contribution >= 0.6 is 7.26 Å². The van der Waals surface area contributed by atoms with Gasteiger partial charge in [0, 0.05) is 5.56 Å². The minimum atomic E-state index is -1.82. The lowest BCUT2D eigenvalue weighted by atomic mass is 9.63. The van der Waals surface area contributed by atoms with Crippen LogP contribution in [0.15, 0.2) is 103 Å². The van der Waals surface area contributed by atoms with E-state index in [2.05, 4.69) is 137 Å². The number of fused-ring (bicyclic) bond motifs is 1. The number of hydrogen-bond acceptors (Lipinski definition) is 0. The van der Waals surface area contributed by atoms with Gasteiger partial charge in [-0.2, -0.15) is 0 Å². The highest BCUT2D eigenvalue weighted by Crippen LogP contribution is 2.54. The fourth-order valence-electron chi connectivity index (χ4n) is 5.74. The zero-order chi connectivity index (χ0) is 24.0. The highest BCUT2D eigenvalue weighted by atomic mass is 31.2. The standard InChI is InChI=1S/C33H36P/c1-32(2)22-23-33(3,4)30-24-25(20-21-29(30)32)28-18-12-13-19-31(28)34(5,26-14-8-6-9-15-26)27-16-10-7-11-17-27/h6-21,24H,22-23H2,1-5H3/q+1. The van der Waals surface area contributed by atoms with Crippen LogP contribution in [0.3, 0.4) is 0 Å². The van der Waals surface area contributed by atoms with Gasteiger partial charge in [-0.3, -0.25) is 0 Å². The van der Waals surface area contributed by atoms with E-state index in [1.807, 2.05) is 0 Å². The van der Waals surface area contributed by atoms with E-state index in [9.17, 15) is 0 Å².